The molecule has 0 N–H and O–H groups in total. The summed E-state index contributed by atoms with van der Waals surface area (Å²) in [6, 6.07) is 12.8. The minimum absolute atomic E-state index is 0.0363. The lowest BCUT2D eigenvalue weighted by molar-refractivity contribution is -0.00160. The second kappa shape index (κ2) is 10.3. The van der Waals surface area contributed by atoms with Gasteiger partial charge in [0.1, 0.15) is 12.6 Å². The zero-order chi connectivity index (χ0) is 19.6. The smallest absolute Gasteiger partial charge is 0.338 e. The Morgan fingerprint density at radius 1 is 1.27 bits per heavy atom. The number of nitriles is 2. The van der Waals surface area contributed by atoms with E-state index in [0.29, 0.717) is 18.4 Å². The zero-order valence-corrected chi connectivity index (χ0v) is 16.0. The quantitative estimate of drug-likeness (QED) is 0.396. The van der Waals surface area contributed by atoms with Crippen LogP contribution >= 0.6 is 0 Å². The Kier molecular flexibility index (Phi) is 8.38. The Hall–Kier alpha value is -2.79. The summed E-state index contributed by atoms with van der Waals surface area (Å²) in [5.74, 6) is -0.377. The summed E-state index contributed by atoms with van der Waals surface area (Å²) in [5.41, 5.74) is 0.464. The van der Waals surface area contributed by atoms with Crippen LogP contribution in [0.2, 0.25) is 0 Å². The summed E-state index contributed by atoms with van der Waals surface area (Å²) >= 11 is 0. The fraction of sp³-hybridized carbons (Fsp3) is 0.476. The fourth-order valence-electron chi connectivity index (χ4n) is 2.79. The van der Waals surface area contributed by atoms with Gasteiger partial charge in [0.05, 0.1) is 23.7 Å². The molecule has 0 aliphatic carbocycles. The van der Waals surface area contributed by atoms with Crippen LogP contribution in [0.1, 0.15) is 50.9 Å². The summed E-state index contributed by atoms with van der Waals surface area (Å²) in [7, 11) is 0. The molecule has 0 saturated heterocycles. The van der Waals surface area contributed by atoms with Crippen LogP contribution < -0.4 is 0 Å². The molecule has 26 heavy (non-hydrogen) atoms. The molecule has 0 bridgehead atoms. The first-order valence-electron chi connectivity index (χ1n) is 8.77. The van der Waals surface area contributed by atoms with Gasteiger partial charge < -0.3 is 9.64 Å². The second-order valence-electron chi connectivity index (χ2n) is 7.33. The molecule has 0 radical (unpaired) electrons. The molecule has 0 aromatic heterocycles. The van der Waals surface area contributed by atoms with Gasteiger partial charge in [0, 0.05) is 12.3 Å². The van der Waals surface area contributed by atoms with Gasteiger partial charge >= 0.3 is 5.97 Å². The van der Waals surface area contributed by atoms with Crippen molar-refractivity contribution in [1.82, 2.24) is 4.90 Å². The Morgan fingerprint density at radius 3 is 2.42 bits per heavy atom. The van der Waals surface area contributed by atoms with Crippen molar-refractivity contribution in [2.24, 2.45) is 5.41 Å². The van der Waals surface area contributed by atoms with E-state index >= 15 is 0 Å². The lowest BCUT2D eigenvalue weighted by Gasteiger charge is -2.38. The summed E-state index contributed by atoms with van der Waals surface area (Å²) in [6.45, 7) is 8.38. The van der Waals surface area contributed by atoms with Crippen LogP contribution in [-0.2, 0) is 4.74 Å². The molecule has 1 aromatic carbocycles. The third-order valence-electron chi connectivity index (χ3n) is 3.94. The number of hydrogen-bond acceptors (Lipinski definition) is 5. The van der Waals surface area contributed by atoms with Gasteiger partial charge in [-0.3, -0.25) is 0 Å². The Labute approximate surface area is 156 Å². The standard InChI is InChI=1S/C21H27N3O2/c1-5-19(26-20(25)17-10-7-6-8-11-17)18(16-21(2,3)4)24(15-13-23)14-9-12-22/h6-11,14,18-19H,5,15-16H2,1-4H3/b14-9-. The Bertz CT molecular complexity index is 678. The fourth-order valence-corrected chi connectivity index (χ4v) is 2.79. The van der Waals surface area contributed by atoms with Crippen molar-refractivity contribution in [3.05, 3.63) is 48.2 Å². The van der Waals surface area contributed by atoms with E-state index in [1.54, 1.807) is 35.4 Å². The first kappa shape index (κ1) is 21.3. The molecule has 2 unspecified atom stereocenters. The number of ether oxygens (including phenoxy) is 1. The van der Waals surface area contributed by atoms with Gasteiger partial charge in [-0.05, 0) is 30.4 Å². The topological polar surface area (TPSA) is 77.1 Å². The first-order chi connectivity index (χ1) is 12.3. The van der Waals surface area contributed by atoms with Gasteiger partial charge in [-0.1, -0.05) is 45.9 Å². The number of hydrogen-bond donors (Lipinski definition) is 0. The average molecular weight is 353 g/mol. The van der Waals surface area contributed by atoms with Gasteiger partial charge in [-0.2, -0.15) is 10.5 Å². The average Bonchev–Trinajstić information content (AvgIpc) is 2.61. The highest BCUT2D eigenvalue weighted by Crippen LogP contribution is 2.28. The number of carbonyl (C=O) groups excluding carboxylic acids is 1. The molecule has 5 nitrogen and oxygen atoms in total. The third-order valence-corrected chi connectivity index (χ3v) is 3.94. The van der Waals surface area contributed by atoms with Gasteiger partial charge in [0.25, 0.3) is 0 Å². The SMILES string of the molecule is CCC(OC(=O)c1ccccc1)C(CC(C)(C)C)N(/C=C\C#N)CC#N. The molecular formula is C21H27N3O2. The summed E-state index contributed by atoms with van der Waals surface area (Å²) in [4.78, 5) is 14.3. The number of carbonyl (C=O) groups is 1. The van der Waals surface area contributed by atoms with E-state index in [2.05, 4.69) is 26.8 Å². The Morgan fingerprint density at radius 2 is 1.92 bits per heavy atom. The first-order valence-corrected chi connectivity index (χ1v) is 8.77. The highest BCUT2D eigenvalue weighted by Gasteiger charge is 2.32. The highest BCUT2D eigenvalue weighted by atomic mass is 16.5. The lowest BCUT2D eigenvalue weighted by atomic mass is 9.84. The number of benzene rings is 1. The van der Waals surface area contributed by atoms with Crippen molar-refractivity contribution in [3.63, 3.8) is 0 Å². The van der Waals surface area contributed by atoms with Gasteiger partial charge in [0.2, 0.25) is 0 Å². The molecule has 5 heteroatoms. The highest BCUT2D eigenvalue weighted by molar-refractivity contribution is 5.89. The normalized spacial score (nSPS) is 13.5. The summed E-state index contributed by atoms with van der Waals surface area (Å²) in [6.07, 6.45) is 3.89. The zero-order valence-electron chi connectivity index (χ0n) is 16.0. The van der Waals surface area contributed by atoms with Crippen LogP contribution in [0.3, 0.4) is 0 Å². The van der Waals surface area contributed by atoms with Crippen molar-refractivity contribution in [2.75, 3.05) is 6.54 Å². The summed E-state index contributed by atoms with van der Waals surface area (Å²) in [5, 5.41) is 18.0. The predicted octanol–water partition coefficient (Wildman–Crippen LogP) is 4.29. The van der Waals surface area contributed by atoms with Gasteiger partial charge in [-0.15, -0.1) is 0 Å². The van der Waals surface area contributed by atoms with Crippen LogP contribution in [0.25, 0.3) is 0 Å². The molecule has 0 amide bonds. The van der Waals surface area contributed by atoms with Crippen LogP contribution in [0.15, 0.2) is 42.6 Å². The summed E-state index contributed by atoms with van der Waals surface area (Å²) < 4.78 is 5.79. The van der Waals surface area contributed by atoms with E-state index in [1.165, 1.54) is 6.08 Å². The maximum atomic E-state index is 12.5. The van der Waals surface area contributed by atoms with Crippen molar-refractivity contribution in [3.8, 4) is 12.1 Å². The molecule has 0 fully saturated rings. The lowest BCUT2D eigenvalue weighted by Crippen LogP contribution is -2.45. The van der Waals surface area contributed by atoms with Crippen molar-refractivity contribution < 1.29 is 9.53 Å². The van der Waals surface area contributed by atoms with E-state index in [0.717, 1.165) is 0 Å². The number of rotatable bonds is 8. The maximum absolute atomic E-state index is 12.5. The number of allylic oxidation sites excluding steroid dienone is 1. The molecule has 0 saturated carbocycles. The van der Waals surface area contributed by atoms with E-state index in [1.807, 2.05) is 19.1 Å². The third kappa shape index (κ3) is 6.99. The van der Waals surface area contributed by atoms with E-state index < -0.39 is 6.10 Å². The largest absolute Gasteiger partial charge is 0.457 e. The molecule has 2 atom stereocenters. The van der Waals surface area contributed by atoms with Crippen molar-refractivity contribution in [1.29, 1.82) is 10.5 Å². The van der Waals surface area contributed by atoms with E-state index in [9.17, 15) is 10.1 Å². The molecule has 0 aliphatic rings. The van der Waals surface area contributed by atoms with Crippen LogP contribution in [0, 0.1) is 28.1 Å². The number of esters is 1. The molecule has 0 aliphatic heterocycles. The molecule has 1 rings (SSSR count). The molecule has 138 valence electrons. The maximum Gasteiger partial charge on any atom is 0.338 e. The monoisotopic (exact) mass is 353 g/mol. The minimum Gasteiger partial charge on any atom is -0.457 e. The molecule has 1 aromatic rings. The molecule has 0 spiro atoms. The number of nitrogens with zero attached hydrogens (tertiary/aromatic N) is 3. The van der Waals surface area contributed by atoms with Gasteiger partial charge in [-0.25, -0.2) is 4.79 Å². The predicted molar refractivity (Wildman–Crippen MR) is 101 cm³/mol. The minimum atomic E-state index is -0.390. The van der Waals surface area contributed by atoms with Crippen molar-refractivity contribution in [2.45, 2.75) is 52.7 Å². The van der Waals surface area contributed by atoms with Crippen molar-refractivity contribution >= 4 is 5.97 Å². The molecule has 0 heterocycles. The van der Waals surface area contributed by atoms with E-state index in [-0.39, 0.29) is 24.0 Å². The van der Waals surface area contributed by atoms with Crippen LogP contribution in [0.4, 0.5) is 0 Å². The molecular weight excluding hydrogens is 326 g/mol. The van der Waals surface area contributed by atoms with Crippen LogP contribution in [0.5, 0.6) is 0 Å². The van der Waals surface area contributed by atoms with Gasteiger partial charge in [0.15, 0.2) is 0 Å². The second-order valence-corrected chi connectivity index (χ2v) is 7.33. The Balaban J connectivity index is 3.11. The van der Waals surface area contributed by atoms with E-state index in [4.69, 9.17) is 10.00 Å². The van der Waals surface area contributed by atoms with Crippen LogP contribution in [-0.4, -0.2) is 29.6 Å².